The fraction of sp³-hybridized carbons (Fsp3) is 0.400. The molecule has 0 saturated carbocycles. The lowest BCUT2D eigenvalue weighted by Crippen LogP contribution is -1.95. The Morgan fingerprint density at radius 3 is 2.85 bits per heavy atom. The fourth-order valence-electron chi connectivity index (χ4n) is 1.51. The van der Waals surface area contributed by atoms with Crippen molar-refractivity contribution >= 4 is 5.52 Å². The molecule has 0 N–H and O–H groups in total. The van der Waals surface area contributed by atoms with Gasteiger partial charge >= 0.3 is 0 Å². The normalized spacial score (nSPS) is 11.0. The molecule has 0 aromatic carbocycles. The molecule has 0 atom stereocenters. The molecule has 3 heteroatoms. The molecule has 0 spiro atoms. The van der Waals surface area contributed by atoms with Crippen LogP contribution in [-0.2, 0) is 6.42 Å². The van der Waals surface area contributed by atoms with Gasteiger partial charge in [-0.05, 0) is 26.3 Å². The Bertz CT molecular complexity index is 443. The average molecular weight is 175 g/mol. The molecule has 68 valence electrons. The third-order valence-corrected chi connectivity index (χ3v) is 2.17. The third kappa shape index (κ3) is 1.30. The molecule has 0 fully saturated rings. The average Bonchev–Trinajstić information content (AvgIpc) is 2.47. The van der Waals surface area contributed by atoms with E-state index in [9.17, 15) is 0 Å². The first-order valence-corrected chi connectivity index (χ1v) is 4.53. The van der Waals surface area contributed by atoms with E-state index in [1.807, 2.05) is 24.6 Å². The van der Waals surface area contributed by atoms with E-state index >= 15 is 0 Å². The minimum absolute atomic E-state index is 0.972. The highest BCUT2D eigenvalue weighted by Gasteiger charge is 2.03. The van der Waals surface area contributed by atoms with Crippen molar-refractivity contribution in [2.24, 2.45) is 0 Å². The van der Waals surface area contributed by atoms with E-state index in [-0.39, 0.29) is 0 Å². The lowest BCUT2D eigenvalue weighted by Gasteiger charge is -1.98. The van der Waals surface area contributed by atoms with Crippen LogP contribution in [0.1, 0.15) is 24.0 Å². The van der Waals surface area contributed by atoms with E-state index in [0.717, 1.165) is 29.0 Å². The number of aryl methyl sites for hydroxylation is 3. The van der Waals surface area contributed by atoms with E-state index in [1.54, 1.807) is 0 Å². The minimum atomic E-state index is 0.972. The first-order valence-electron chi connectivity index (χ1n) is 4.53. The molecule has 0 saturated heterocycles. The Balaban J connectivity index is 2.75. The Hall–Kier alpha value is -1.38. The minimum Gasteiger partial charge on any atom is -0.255 e. The van der Waals surface area contributed by atoms with Gasteiger partial charge in [0.2, 0.25) is 0 Å². The molecular formula is C10H13N3. The van der Waals surface area contributed by atoms with E-state index in [1.165, 1.54) is 0 Å². The summed E-state index contributed by atoms with van der Waals surface area (Å²) < 4.78 is 1.91. The first-order chi connectivity index (χ1) is 6.20. The van der Waals surface area contributed by atoms with Gasteiger partial charge in [0.15, 0.2) is 0 Å². The van der Waals surface area contributed by atoms with Crippen LogP contribution in [0.25, 0.3) is 5.52 Å². The molecule has 0 radical (unpaired) electrons. The SMILES string of the molecule is CCc1cc2c(C)nc(C)cn2n1. The highest BCUT2D eigenvalue weighted by Crippen LogP contribution is 2.10. The molecule has 0 aliphatic carbocycles. The maximum atomic E-state index is 4.43. The van der Waals surface area contributed by atoms with E-state index < -0.39 is 0 Å². The zero-order valence-electron chi connectivity index (χ0n) is 8.20. The van der Waals surface area contributed by atoms with Crippen LogP contribution in [0, 0.1) is 13.8 Å². The molecule has 2 heterocycles. The summed E-state index contributed by atoms with van der Waals surface area (Å²) in [7, 11) is 0. The summed E-state index contributed by atoms with van der Waals surface area (Å²) in [6, 6.07) is 2.10. The lowest BCUT2D eigenvalue weighted by atomic mass is 10.3. The van der Waals surface area contributed by atoms with Gasteiger partial charge in [0.1, 0.15) is 0 Å². The molecule has 13 heavy (non-hydrogen) atoms. The molecular weight excluding hydrogens is 162 g/mol. The molecule has 0 aliphatic heterocycles. The molecule has 2 aromatic rings. The van der Waals surface area contributed by atoms with Gasteiger partial charge in [0.05, 0.1) is 28.8 Å². The number of rotatable bonds is 1. The molecule has 0 unspecified atom stereocenters. The zero-order chi connectivity index (χ0) is 9.42. The van der Waals surface area contributed by atoms with Crippen LogP contribution in [0.2, 0.25) is 0 Å². The second-order valence-corrected chi connectivity index (χ2v) is 3.29. The predicted molar refractivity (Wildman–Crippen MR) is 51.8 cm³/mol. The smallest absolute Gasteiger partial charge is 0.0877 e. The number of hydrogen-bond acceptors (Lipinski definition) is 2. The summed E-state index contributed by atoms with van der Waals surface area (Å²) in [5.74, 6) is 0. The van der Waals surface area contributed by atoms with Crippen LogP contribution in [-0.4, -0.2) is 14.6 Å². The monoisotopic (exact) mass is 175 g/mol. The van der Waals surface area contributed by atoms with Crippen LogP contribution in [0.4, 0.5) is 0 Å². The Morgan fingerprint density at radius 1 is 1.38 bits per heavy atom. The summed E-state index contributed by atoms with van der Waals surface area (Å²) in [5.41, 5.74) is 4.29. The Morgan fingerprint density at radius 2 is 2.15 bits per heavy atom. The quantitative estimate of drug-likeness (QED) is 0.662. The molecule has 0 bridgehead atoms. The van der Waals surface area contributed by atoms with Crippen molar-refractivity contribution in [3.8, 4) is 0 Å². The van der Waals surface area contributed by atoms with Crippen LogP contribution < -0.4 is 0 Å². The summed E-state index contributed by atoms with van der Waals surface area (Å²) in [6.07, 6.45) is 2.93. The number of aromatic nitrogens is 3. The standard InChI is InChI=1S/C10H13N3/c1-4-9-5-10-8(3)11-7(2)6-13(10)12-9/h5-6H,4H2,1-3H3. The van der Waals surface area contributed by atoms with Gasteiger partial charge < -0.3 is 0 Å². The van der Waals surface area contributed by atoms with Crippen molar-refractivity contribution in [1.29, 1.82) is 0 Å². The Kier molecular flexibility index (Phi) is 1.79. The number of nitrogens with zero attached hydrogens (tertiary/aromatic N) is 3. The van der Waals surface area contributed by atoms with Crippen LogP contribution in [0.15, 0.2) is 12.3 Å². The van der Waals surface area contributed by atoms with Gasteiger partial charge in [-0.15, -0.1) is 0 Å². The van der Waals surface area contributed by atoms with Gasteiger partial charge in [-0.25, -0.2) is 4.52 Å². The lowest BCUT2D eigenvalue weighted by molar-refractivity contribution is 0.873. The van der Waals surface area contributed by atoms with E-state index in [4.69, 9.17) is 0 Å². The number of fused-ring (bicyclic) bond motifs is 1. The second kappa shape index (κ2) is 2.83. The molecule has 3 nitrogen and oxygen atoms in total. The van der Waals surface area contributed by atoms with E-state index in [2.05, 4.69) is 23.1 Å². The highest BCUT2D eigenvalue weighted by molar-refractivity contribution is 5.51. The molecule has 2 aromatic heterocycles. The maximum Gasteiger partial charge on any atom is 0.0877 e. The van der Waals surface area contributed by atoms with Gasteiger partial charge in [-0.3, -0.25) is 4.98 Å². The van der Waals surface area contributed by atoms with Crippen molar-refractivity contribution in [2.45, 2.75) is 27.2 Å². The summed E-state index contributed by atoms with van der Waals surface area (Å²) in [6.45, 7) is 6.11. The van der Waals surface area contributed by atoms with Gasteiger partial charge in [-0.2, -0.15) is 5.10 Å². The van der Waals surface area contributed by atoms with Crippen molar-refractivity contribution in [3.05, 3.63) is 29.3 Å². The summed E-state index contributed by atoms with van der Waals surface area (Å²) >= 11 is 0. The summed E-state index contributed by atoms with van der Waals surface area (Å²) in [5, 5.41) is 4.43. The van der Waals surface area contributed by atoms with Gasteiger partial charge in [-0.1, -0.05) is 6.92 Å². The van der Waals surface area contributed by atoms with Crippen molar-refractivity contribution in [3.63, 3.8) is 0 Å². The van der Waals surface area contributed by atoms with Crippen LogP contribution in [0.5, 0.6) is 0 Å². The Labute approximate surface area is 77.4 Å². The molecule has 2 rings (SSSR count). The topological polar surface area (TPSA) is 30.2 Å². The zero-order valence-corrected chi connectivity index (χ0v) is 8.20. The predicted octanol–water partition coefficient (Wildman–Crippen LogP) is 1.91. The van der Waals surface area contributed by atoms with E-state index in [0.29, 0.717) is 0 Å². The van der Waals surface area contributed by atoms with Gasteiger partial charge in [0.25, 0.3) is 0 Å². The number of hydrogen-bond donors (Lipinski definition) is 0. The van der Waals surface area contributed by atoms with Crippen molar-refractivity contribution in [1.82, 2.24) is 14.6 Å². The fourth-order valence-corrected chi connectivity index (χ4v) is 1.51. The largest absolute Gasteiger partial charge is 0.255 e. The van der Waals surface area contributed by atoms with Crippen LogP contribution in [0.3, 0.4) is 0 Å². The first kappa shape index (κ1) is 8.23. The molecule has 0 amide bonds. The third-order valence-electron chi connectivity index (χ3n) is 2.17. The maximum absolute atomic E-state index is 4.43. The van der Waals surface area contributed by atoms with Crippen molar-refractivity contribution in [2.75, 3.05) is 0 Å². The van der Waals surface area contributed by atoms with Crippen LogP contribution >= 0.6 is 0 Å². The van der Waals surface area contributed by atoms with Gasteiger partial charge in [0, 0.05) is 0 Å². The van der Waals surface area contributed by atoms with Crippen molar-refractivity contribution < 1.29 is 0 Å². The highest BCUT2D eigenvalue weighted by atomic mass is 15.2. The second-order valence-electron chi connectivity index (χ2n) is 3.29. The molecule has 0 aliphatic rings. The summed E-state index contributed by atoms with van der Waals surface area (Å²) in [4.78, 5) is 4.39.